The first-order valence-electron chi connectivity index (χ1n) is 23.5. The van der Waals surface area contributed by atoms with E-state index in [2.05, 4.69) is 88.4 Å². The maximum absolute atomic E-state index is 13.4. The second kappa shape index (κ2) is 17.2. The number of fused-ring (bicyclic) bond motifs is 2. The molecule has 3 aromatic carbocycles. The summed E-state index contributed by atoms with van der Waals surface area (Å²) in [5, 5.41) is 6.92. The van der Waals surface area contributed by atoms with Gasteiger partial charge in [-0.05, 0) is 106 Å². The van der Waals surface area contributed by atoms with Gasteiger partial charge in [0.25, 0.3) is 11.8 Å². The number of piperidine rings is 3. The second-order valence-electron chi connectivity index (χ2n) is 18.6. The van der Waals surface area contributed by atoms with Crippen molar-refractivity contribution in [3.8, 4) is 17.0 Å². The van der Waals surface area contributed by atoms with Crippen LogP contribution in [0.15, 0.2) is 79.1 Å². The fourth-order valence-corrected chi connectivity index (χ4v) is 10.9. The summed E-state index contributed by atoms with van der Waals surface area (Å²) < 4.78 is 8.31. The zero-order valence-corrected chi connectivity index (χ0v) is 37.0. The number of aromatic nitrogens is 3. The Balaban J connectivity index is 0.640. The van der Waals surface area contributed by atoms with Gasteiger partial charge in [0, 0.05) is 111 Å². The molecule has 65 heavy (non-hydrogen) atoms. The summed E-state index contributed by atoms with van der Waals surface area (Å²) in [6.45, 7) is 9.18. The topological polar surface area (TPSA) is 148 Å². The number of benzene rings is 3. The van der Waals surface area contributed by atoms with Gasteiger partial charge < -0.3 is 29.3 Å². The van der Waals surface area contributed by atoms with E-state index in [9.17, 15) is 19.2 Å². The van der Waals surface area contributed by atoms with Crippen LogP contribution in [0.25, 0.3) is 22.2 Å². The number of carbonyl (C=O) groups is 4. The van der Waals surface area contributed by atoms with Gasteiger partial charge in [0.2, 0.25) is 17.8 Å². The van der Waals surface area contributed by atoms with E-state index in [0.717, 1.165) is 111 Å². The molecule has 0 bridgehead atoms. The van der Waals surface area contributed by atoms with Gasteiger partial charge in [-0.15, -0.1) is 0 Å². The van der Waals surface area contributed by atoms with Crippen LogP contribution in [0.4, 0.5) is 23.0 Å². The fraction of sp³-hybridized carbons (Fsp3) is 0.440. The number of nitrogens with zero attached hydrogens (tertiary/aromatic N) is 8. The Kier molecular flexibility index (Phi) is 11.0. The largest absolute Gasteiger partial charge is 0.494 e. The minimum atomic E-state index is -0.955. The van der Waals surface area contributed by atoms with Crippen molar-refractivity contribution in [2.75, 3.05) is 81.1 Å². The quantitative estimate of drug-likeness (QED) is 0.148. The third-order valence-corrected chi connectivity index (χ3v) is 14.7. The average Bonchev–Trinajstić information content (AvgIpc) is 4.07. The standard InChI is InChI=1S/C50H56N10O5/c1-65-45-29-36(9-11-42(45)53-50-51-19-14-41(52-50)40-31-59(34-6-7-34)43-5-3-2-4-37(40)43)58-26-24-57(25-27-58)33-17-20-55(21-18-33)30-32-15-22-56(23-16-32)35-8-10-38-39(28-35)49(64)60(48(38)63)44-12-13-46(61)54-47(44)62/h2-5,8-11,14,19,28-29,31-34,44H,6-7,12-13,15-18,20-27,30H2,1H3,(H,51,52,53)(H,54,61,62). The second-order valence-corrected chi connectivity index (χ2v) is 18.6. The minimum absolute atomic E-state index is 0.107. The molecule has 1 unspecified atom stereocenters. The monoisotopic (exact) mass is 876 g/mol. The van der Waals surface area contributed by atoms with Crippen molar-refractivity contribution >= 4 is 57.5 Å². The van der Waals surface area contributed by atoms with E-state index < -0.39 is 23.8 Å². The molecule has 0 radical (unpaired) electrons. The molecule has 2 aromatic heterocycles. The van der Waals surface area contributed by atoms with Crippen LogP contribution in [0.3, 0.4) is 0 Å². The Hall–Kier alpha value is -6.32. The van der Waals surface area contributed by atoms with E-state index in [0.29, 0.717) is 35.1 Å². The van der Waals surface area contributed by atoms with Gasteiger partial charge in [0.1, 0.15) is 11.8 Å². The molecule has 5 aliphatic heterocycles. The van der Waals surface area contributed by atoms with Gasteiger partial charge in [0.05, 0.1) is 29.6 Å². The van der Waals surface area contributed by atoms with Gasteiger partial charge in [-0.3, -0.25) is 34.3 Å². The molecule has 0 spiro atoms. The molecular weight excluding hydrogens is 821 g/mol. The highest BCUT2D eigenvalue weighted by atomic mass is 16.5. The average molecular weight is 877 g/mol. The number of carbonyl (C=O) groups excluding carboxylic acids is 4. The highest BCUT2D eigenvalue weighted by Crippen LogP contribution is 2.41. The molecule has 1 atom stereocenters. The van der Waals surface area contributed by atoms with Crippen LogP contribution < -0.4 is 25.2 Å². The lowest BCUT2D eigenvalue weighted by atomic mass is 9.93. The third-order valence-electron chi connectivity index (χ3n) is 14.7. The molecule has 336 valence electrons. The van der Waals surface area contributed by atoms with Crippen LogP contribution in [0, 0.1) is 5.92 Å². The number of imide groups is 2. The highest BCUT2D eigenvalue weighted by Gasteiger charge is 2.45. The molecule has 5 fully saturated rings. The zero-order valence-electron chi connectivity index (χ0n) is 37.0. The molecule has 1 saturated carbocycles. The summed E-state index contributed by atoms with van der Waals surface area (Å²) in [5.41, 5.74) is 6.86. The van der Waals surface area contributed by atoms with Crippen molar-refractivity contribution < 1.29 is 23.9 Å². The van der Waals surface area contributed by atoms with E-state index in [1.807, 2.05) is 24.4 Å². The molecule has 15 nitrogen and oxygen atoms in total. The number of ether oxygens (including phenoxy) is 1. The number of para-hydroxylation sites is 1. The van der Waals surface area contributed by atoms with Crippen LogP contribution in [0.2, 0.25) is 0 Å². The minimum Gasteiger partial charge on any atom is -0.494 e. The predicted octanol–water partition coefficient (Wildman–Crippen LogP) is 6.09. The summed E-state index contributed by atoms with van der Waals surface area (Å²) in [4.78, 5) is 71.4. The molecular formula is C50H56N10O5. The molecule has 6 aliphatic rings. The number of amides is 4. The van der Waals surface area contributed by atoms with Crippen molar-refractivity contribution in [3.05, 3.63) is 90.3 Å². The lowest BCUT2D eigenvalue weighted by Crippen LogP contribution is -2.54. The molecule has 4 saturated heterocycles. The van der Waals surface area contributed by atoms with Crippen LogP contribution in [-0.2, 0) is 9.59 Å². The van der Waals surface area contributed by atoms with Gasteiger partial charge in [-0.1, -0.05) is 18.2 Å². The zero-order chi connectivity index (χ0) is 44.2. The van der Waals surface area contributed by atoms with Crippen LogP contribution in [0.5, 0.6) is 5.75 Å². The van der Waals surface area contributed by atoms with Crippen molar-refractivity contribution in [3.63, 3.8) is 0 Å². The smallest absolute Gasteiger partial charge is 0.262 e. The Labute approximate surface area is 378 Å². The number of hydrogen-bond acceptors (Lipinski definition) is 12. The van der Waals surface area contributed by atoms with E-state index in [4.69, 9.17) is 9.72 Å². The van der Waals surface area contributed by atoms with E-state index in [-0.39, 0.29) is 18.7 Å². The Bertz CT molecular complexity index is 2660. The molecule has 1 aliphatic carbocycles. The SMILES string of the molecule is COc1cc(N2CCN(C3CCN(CC4CCN(c5ccc6c(c5)C(=O)N(C5CCC(=O)NC5=O)C6=O)CC4)CC3)CC2)ccc1Nc1nccc(-c2cn(C3CC3)c3ccccc23)n1. The lowest BCUT2D eigenvalue weighted by molar-refractivity contribution is -0.136. The van der Waals surface area contributed by atoms with E-state index in [1.165, 1.54) is 36.6 Å². The first-order valence-corrected chi connectivity index (χ1v) is 23.5. The maximum atomic E-state index is 13.4. The predicted molar refractivity (Wildman–Crippen MR) is 249 cm³/mol. The Morgan fingerprint density at radius 1 is 0.723 bits per heavy atom. The molecule has 2 N–H and O–H groups in total. The lowest BCUT2D eigenvalue weighted by Gasteiger charge is -2.44. The number of likely N-dealkylation sites (tertiary alicyclic amines) is 1. The van der Waals surface area contributed by atoms with Crippen molar-refractivity contribution in [2.24, 2.45) is 5.92 Å². The number of hydrogen-bond donors (Lipinski definition) is 2. The van der Waals surface area contributed by atoms with Crippen molar-refractivity contribution in [1.82, 2.24) is 34.6 Å². The Morgan fingerprint density at radius 3 is 2.23 bits per heavy atom. The number of anilines is 4. The van der Waals surface area contributed by atoms with Crippen LogP contribution in [0.1, 0.15) is 78.1 Å². The molecule has 5 aromatic rings. The molecule has 11 rings (SSSR count). The summed E-state index contributed by atoms with van der Waals surface area (Å²) in [6.07, 6.45) is 11.3. The first kappa shape index (κ1) is 41.4. The summed E-state index contributed by atoms with van der Waals surface area (Å²) in [7, 11) is 1.72. The molecule has 15 heteroatoms. The summed E-state index contributed by atoms with van der Waals surface area (Å²) >= 11 is 0. The molecule has 4 amide bonds. The normalized spacial score (nSPS) is 21.6. The number of rotatable bonds is 11. The maximum Gasteiger partial charge on any atom is 0.262 e. The number of methoxy groups -OCH3 is 1. The van der Waals surface area contributed by atoms with Gasteiger partial charge in [-0.2, -0.15) is 0 Å². The third kappa shape index (κ3) is 8.09. The fourth-order valence-electron chi connectivity index (χ4n) is 10.9. The molecule has 7 heterocycles. The van der Waals surface area contributed by atoms with Crippen molar-refractivity contribution in [2.45, 2.75) is 69.5 Å². The number of piperazine rings is 1. The number of nitrogens with one attached hydrogen (secondary N) is 2. The van der Waals surface area contributed by atoms with Gasteiger partial charge >= 0.3 is 0 Å². The van der Waals surface area contributed by atoms with Crippen molar-refractivity contribution in [1.29, 1.82) is 0 Å². The van der Waals surface area contributed by atoms with Gasteiger partial charge in [0.15, 0.2) is 0 Å². The van der Waals surface area contributed by atoms with E-state index >= 15 is 0 Å². The summed E-state index contributed by atoms with van der Waals surface area (Å²) in [6, 6.07) is 22.6. The van der Waals surface area contributed by atoms with Crippen LogP contribution in [-0.4, -0.2) is 131 Å². The Morgan fingerprint density at radius 2 is 1.46 bits per heavy atom. The summed E-state index contributed by atoms with van der Waals surface area (Å²) in [5.74, 6) is 0.0291. The van der Waals surface area contributed by atoms with E-state index in [1.54, 1.807) is 13.2 Å². The highest BCUT2D eigenvalue weighted by molar-refractivity contribution is 6.23. The van der Waals surface area contributed by atoms with Crippen LogP contribution >= 0.6 is 0 Å². The first-order chi connectivity index (χ1) is 31.8. The van der Waals surface area contributed by atoms with Gasteiger partial charge in [-0.25, -0.2) is 9.97 Å².